The summed E-state index contributed by atoms with van der Waals surface area (Å²) in [7, 11) is 3.59. The Hall–Kier alpha value is -3.38. The van der Waals surface area contributed by atoms with E-state index in [0.29, 0.717) is 29.6 Å². The third-order valence-corrected chi connectivity index (χ3v) is 5.91. The molecular formula is C26H28FN3O2. The Morgan fingerprint density at radius 1 is 1.12 bits per heavy atom. The maximum atomic E-state index is 14.8. The lowest BCUT2D eigenvalue weighted by atomic mass is 10.1. The number of hydrogen-bond acceptors (Lipinski definition) is 4. The number of halogens is 1. The minimum absolute atomic E-state index is 0.191. The topological polar surface area (TPSA) is 44.8 Å². The van der Waals surface area contributed by atoms with Gasteiger partial charge in [0.2, 0.25) is 0 Å². The molecule has 1 fully saturated rings. The molecule has 0 aliphatic carbocycles. The fourth-order valence-corrected chi connectivity index (χ4v) is 3.91. The summed E-state index contributed by atoms with van der Waals surface area (Å²) < 4.78 is 20.6. The molecule has 1 N–H and O–H groups in total. The molecule has 1 aliphatic heterocycles. The van der Waals surface area contributed by atoms with E-state index in [1.807, 2.05) is 54.4 Å². The monoisotopic (exact) mass is 433 g/mol. The van der Waals surface area contributed by atoms with Gasteiger partial charge >= 0.3 is 0 Å². The molecule has 3 aromatic rings. The van der Waals surface area contributed by atoms with Crippen molar-refractivity contribution in [3.63, 3.8) is 0 Å². The molecule has 166 valence electrons. The second kappa shape index (κ2) is 9.83. The van der Waals surface area contributed by atoms with Gasteiger partial charge in [-0.3, -0.25) is 4.79 Å². The summed E-state index contributed by atoms with van der Waals surface area (Å²) in [6.45, 7) is 2.02. The highest BCUT2D eigenvalue weighted by molar-refractivity contribution is 6.05. The number of amides is 1. The quantitative estimate of drug-likeness (QED) is 0.597. The Morgan fingerprint density at radius 2 is 1.88 bits per heavy atom. The number of anilines is 2. The van der Waals surface area contributed by atoms with Crippen molar-refractivity contribution in [3.05, 3.63) is 89.7 Å². The summed E-state index contributed by atoms with van der Waals surface area (Å²) in [4.78, 5) is 16.4. The molecule has 0 bridgehead atoms. The van der Waals surface area contributed by atoms with Gasteiger partial charge < -0.3 is 19.9 Å². The van der Waals surface area contributed by atoms with Crippen molar-refractivity contribution in [1.82, 2.24) is 5.32 Å². The van der Waals surface area contributed by atoms with Crippen LogP contribution in [0.4, 0.5) is 15.8 Å². The minimum Gasteiger partial charge on any atom is -0.489 e. The number of para-hydroxylation sites is 1. The highest BCUT2D eigenvalue weighted by Crippen LogP contribution is 2.28. The zero-order chi connectivity index (χ0) is 22.5. The van der Waals surface area contributed by atoms with E-state index >= 15 is 0 Å². The maximum absolute atomic E-state index is 14.8. The molecule has 1 unspecified atom stereocenters. The molecule has 0 saturated carbocycles. The Balaban J connectivity index is 1.40. The van der Waals surface area contributed by atoms with Gasteiger partial charge in [-0.1, -0.05) is 30.3 Å². The Kier molecular flexibility index (Phi) is 6.71. The molecule has 0 radical (unpaired) electrons. The van der Waals surface area contributed by atoms with Crippen LogP contribution >= 0.6 is 0 Å². The third-order valence-electron chi connectivity index (χ3n) is 5.91. The standard InChI is InChI=1S/C26H28FN3O2/c1-28-21-14-15-30(17-21)25-13-12-22(16-24(25)27)29(2)26(31)20-10-8-19(9-11-20)18-32-23-6-4-3-5-7-23/h3-13,16,21,28H,14-15,17-18H2,1-2H3. The number of hydrogen-bond donors (Lipinski definition) is 1. The first kappa shape index (κ1) is 21.8. The average Bonchev–Trinajstić information content (AvgIpc) is 3.32. The first-order valence-electron chi connectivity index (χ1n) is 10.8. The lowest BCUT2D eigenvalue weighted by molar-refractivity contribution is 0.0993. The van der Waals surface area contributed by atoms with Gasteiger partial charge in [0.05, 0.1) is 5.69 Å². The van der Waals surface area contributed by atoms with Crippen molar-refractivity contribution in [2.45, 2.75) is 19.1 Å². The number of carbonyl (C=O) groups is 1. The van der Waals surface area contributed by atoms with E-state index in [1.54, 1.807) is 31.3 Å². The van der Waals surface area contributed by atoms with Crippen LogP contribution < -0.4 is 19.9 Å². The molecule has 1 amide bonds. The minimum atomic E-state index is -0.313. The lowest BCUT2D eigenvalue weighted by Gasteiger charge is -2.22. The molecule has 0 aromatic heterocycles. The second-order valence-corrected chi connectivity index (χ2v) is 8.02. The van der Waals surface area contributed by atoms with E-state index in [0.717, 1.165) is 30.8 Å². The third kappa shape index (κ3) is 4.92. The predicted molar refractivity (Wildman–Crippen MR) is 126 cm³/mol. The molecule has 4 rings (SSSR count). The molecule has 1 saturated heterocycles. The van der Waals surface area contributed by atoms with Gasteiger partial charge in [0.15, 0.2) is 0 Å². The van der Waals surface area contributed by atoms with Crippen LogP contribution in [0, 0.1) is 5.82 Å². The highest BCUT2D eigenvalue weighted by atomic mass is 19.1. The van der Waals surface area contributed by atoms with Gasteiger partial charge in [0, 0.05) is 37.4 Å². The lowest BCUT2D eigenvalue weighted by Crippen LogP contribution is -2.30. The van der Waals surface area contributed by atoms with E-state index in [-0.39, 0.29) is 11.7 Å². The van der Waals surface area contributed by atoms with Gasteiger partial charge in [-0.25, -0.2) is 4.39 Å². The number of likely N-dealkylation sites (N-methyl/N-ethyl adjacent to an activating group) is 1. The van der Waals surface area contributed by atoms with E-state index in [9.17, 15) is 9.18 Å². The number of carbonyl (C=O) groups excluding carboxylic acids is 1. The normalized spacial score (nSPS) is 15.6. The predicted octanol–water partition coefficient (Wildman–Crippen LogP) is 4.48. The second-order valence-electron chi connectivity index (χ2n) is 8.02. The summed E-state index contributed by atoms with van der Waals surface area (Å²) >= 11 is 0. The molecule has 6 heteroatoms. The summed E-state index contributed by atoms with van der Waals surface area (Å²) in [6.07, 6.45) is 0.989. The summed E-state index contributed by atoms with van der Waals surface area (Å²) in [5, 5.41) is 3.24. The van der Waals surface area contributed by atoms with E-state index in [1.165, 1.54) is 11.0 Å². The maximum Gasteiger partial charge on any atom is 0.258 e. The largest absolute Gasteiger partial charge is 0.489 e. The van der Waals surface area contributed by atoms with Gasteiger partial charge in [-0.05, 0) is 61.5 Å². The van der Waals surface area contributed by atoms with Crippen LogP contribution in [0.1, 0.15) is 22.3 Å². The van der Waals surface area contributed by atoms with E-state index in [4.69, 9.17) is 4.74 Å². The summed E-state index contributed by atoms with van der Waals surface area (Å²) in [5.74, 6) is 0.296. The van der Waals surface area contributed by atoms with E-state index < -0.39 is 0 Å². The fraction of sp³-hybridized carbons (Fsp3) is 0.269. The van der Waals surface area contributed by atoms with Crippen LogP contribution in [-0.2, 0) is 6.61 Å². The zero-order valence-corrected chi connectivity index (χ0v) is 18.4. The summed E-state index contributed by atoms with van der Waals surface area (Å²) in [6, 6.07) is 22.3. The van der Waals surface area contributed by atoms with Crippen LogP contribution in [0.3, 0.4) is 0 Å². The fourth-order valence-electron chi connectivity index (χ4n) is 3.91. The molecule has 1 aliphatic rings. The van der Waals surface area contributed by atoms with Gasteiger partial charge in [-0.15, -0.1) is 0 Å². The van der Waals surface area contributed by atoms with Gasteiger partial charge in [0.25, 0.3) is 5.91 Å². The van der Waals surface area contributed by atoms with Crippen molar-refractivity contribution >= 4 is 17.3 Å². The van der Waals surface area contributed by atoms with Crippen molar-refractivity contribution in [1.29, 1.82) is 0 Å². The number of nitrogens with one attached hydrogen (secondary N) is 1. The summed E-state index contributed by atoms with van der Waals surface area (Å²) in [5.41, 5.74) is 2.61. The van der Waals surface area contributed by atoms with E-state index in [2.05, 4.69) is 5.32 Å². The van der Waals surface area contributed by atoms with Crippen molar-refractivity contribution in [2.24, 2.45) is 0 Å². The molecule has 0 spiro atoms. The van der Waals surface area contributed by atoms with Crippen molar-refractivity contribution < 1.29 is 13.9 Å². The first-order chi connectivity index (χ1) is 15.5. The number of nitrogens with zero attached hydrogens (tertiary/aromatic N) is 2. The Morgan fingerprint density at radius 3 is 2.53 bits per heavy atom. The van der Waals surface area contributed by atoms with Gasteiger partial charge in [0.1, 0.15) is 18.2 Å². The van der Waals surface area contributed by atoms with Crippen LogP contribution in [0.25, 0.3) is 0 Å². The number of benzene rings is 3. The first-order valence-corrected chi connectivity index (χ1v) is 10.8. The molecule has 5 nitrogen and oxygen atoms in total. The number of rotatable bonds is 7. The molecule has 3 aromatic carbocycles. The van der Waals surface area contributed by atoms with Crippen LogP contribution in [0.15, 0.2) is 72.8 Å². The number of ether oxygens (including phenoxy) is 1. The highest BCUT2D eigenvalue weighted by Gasteiger charge is 2.24. The molecular weight excluding hydrogens is 405 g/mol. The van der Waals surface area contributed by atoms with Crippen LogP contribution in [0.5, 0.6) is 5.75 Å². The SMILES string of the molecule is CNC1CCN(c2ccc(N(C)C(=O)c3ccc(COc4ccccc4)cc3)cc2F)C1. The van der Waals surface area contributed by atoms with Gasteiger partial charge in [-0.2, -0.15) is 0 Å². The van der Waals surface area contributed by atoms with Crippen LogP contribution in [0.2, 0.25) is 0 Å². The Bertz CT molecular complexity index is 1060. The van der Waals surface area contributed by atoms with Crippen LogP contribution in [-0.4, -0.2) is 39.1 Å². The molecule has 1 heterocycles. The smallest absolute Gasteiger partial charge is 0.258 e. The van der Waals surface area contributed by atoms with Crippen molar-refractivity contribution in [2.75, 3.05) is 37.0 Å². The molecule has 1 atom stereocenters. The molecule has 32 heavy (non-hydrogen) atoms. The van der Waals surface area contributed by atoms with Crippen molar-refractivity contribution in [3.8, 4) is 5.75 Å². The average molecular weight is 434 g/mol. The Labute approximate surface area is 188 Å². The zero-order valence-electron chi connectivity index (χ0n) is 18.4.